The fourth-order valence-corrected chi connectivity index (χ4v) is 3.22. The van der Waals surface area contributed by atoms with Crippen LogP contribution in [0.5, 0.6) is 0 Å². The number of sulfonamides is 1. The van der Waals surface area contributed by atoms with E-state index in [-0.39, 0.29) is 15.6 Å². The van der Waals surface area contributed by atoms with Crippen molar-refractivity contribution in [1.82, 2.24) is 4.72 Å². The standard InChI is InChI=1S/C12H11Cl2NO5S/c1-12(8-6(13)4-3-5-7(8)14)10(17)9(16)11(20-12)15-21(2,18)19/h3-5,15-16H,1-2H3. The molecule has 0 spiro atoms. The van der Waals surface area contributed by atoms with Crippen LogP contribution >= 0.6 is 23.2 Å². The number of hydrogen-bond acceptors (Lipinski definition) is 5. The summed E-state index contributed by atoms with van der Waals surface area (Å²) in [6.45, 7) is 1.34. The summed E-state index contributed by atoms with van der Waals surface area (Å²) in [5.41, 5.74) is -1.57. The molecule has 1 aromatic rings. The maximum Gasteiger partial charge on any atom is 0.250 e. The van der Waals surface area contributed by atoms with Crippen molar-refractivity contribution in [3.8, 4) is 0 Å². The molecule has 1 unspecified atom stereocenters. The number of ether oxygens (including phenoxy) is 1. The van der Waals surface area contributed by atoms with Crippen LogP contribution in [0.25, 0.3) is 0 Å². The van der Waals surface area contributed by atoms with Crippen molar-refractivity contribution in [3.63, 3.8) is 0 Å². The van der Waals surface area contributed by atoms with E-state index < -0.39 is 33.0 Å². The van der Waals surface area contributed by atoms with E-state index in [1.807, 2.05) is 4.72 Å². The lowest BCUT2D eigenvalue weighted by atomic mass is 9.91. The number of nitrogens with one attached hydrogen (secondary N) is 1. The number of aliphatic hydroxyl groups excluding tert-OH is 1. The molecular formula is C12H11Cl2NO5S. The quantitative estimate of drug-likeness (QED) is 0.869. The summed E-state index contributed by atoms with van der Waals surface area (Å²) in [4.78, 5) is 12.2. The third-order valence-electron chi connectivity index (χ3n) is 2.89. The predicted octanol–water partition coefficient (Wildman–Crippen LogP) is 2.08. The van der Waals surface area contributed by atoms with E-state index in [0.29, 0.717) is 0 Å². The lowest BCUT2D eigenvalue weighted by Gasteiger charge is -2.25. The van der Waals surface area contributed by atoms with Gasteiger partial charge >= 0.3 is 0 Å². The van der Waals surface area contributed by atoms with Crippen LogP contribution in [0.3, 0.4) is 0 Å². The number of Topliss-reactive ketones (excluding diaryl/α,β-unsaturated/α-hetero) is 1. The van der Waals surface area contributed by atoms with E-state index in [4.69, 9.17) is 27.9 Å². The summed E-state index contributed by atoms with van der Waals surface area (Å²) >= 11 is 12.1. The van der Waals surface area contributed by atoms with E-state index in [0.717, 1.165) is 6.26 Å². The molecule has 0 saturated carbocycles. The highest BCUT2D eigenvalue weighted by atomic mass is 35.5. The minimum atomic E-state index is -3.73. The highest BCUT2D eigenvalue weighted by Crippen LogP contribution is 2.43. The maximum absolute atomic E-state index is 12.2. The average Bonchev–Trinajstić information content (AvgIpc) is 2.52. The van der Waals surface area contributed by atoms with Crippen LogP contribution in [0.4, 0.5) is 0 Å². The van der Waals surface area contributed by atoms with Crippen LogP contribution in [0.2, 0.25) is 10.0 Å². The molecule has 0 aliphatic carbocycles. The summed E-state index contributed by atoms with van der Waals surface area (Å²) in [6.07, 6.45) is 0.860. The van der Waals surface area contributed by atoms with E-state index >= 15 is 0 Å². The van der Waals surface area contributed by atoms with Crippen molar-refractivity contribution in [2.24, 2.45) is 0 Å². The third kappa shape index (κ3) is 2.81. The molecule has 0 aromatic heterocycles. The van der Waals surface area contributed by atoms with Gasteiger partial charge < -0.3 is 9.84 Å². The average molecular weight is 352 g/mol. The molecule has 21 heavy (non-hydrogen) atoms. The molecule has 0 radical (unpaired) electrons. The van der Waals surface area contributed by atoms with E-state index in [1.165, 1.54) is 19.1 Å². The minimum Gasteiger partial charge on any atom is -0.501 e. The lowest BCUT2D eigenvalue weighted by molar-refractivity contribution is -0.131. The van der Waals surface area contributed by atoms with Crippen molar-refractivity contribution in [3.05, 3.63) is 45.5 Å². The number of aliphatic hydroxyl groups is 1. The van der Waals surface area contributed by atoms with E-state index in [9.17, 15) is 18.3 Å². The maximum atomic E-state index is 12.2. The molecule has 1 heterocycles. The van der Waals surface area contributed by atoms with Gasteiger partial charge in [0.1, 0.15) is 0 Å². The van der Waals surface area contributed by atoms with Crippen LogP contribution in [-0.2, 0) is 25.2 Å². The Morgan fingerprint density at radius 3 is 2.29 bits per heavy atom. The largest absolute Gasteiger partial charge is 0.501 e. The summed E-state index contributed by atoms with van der Waals surface area (Å²) < 4.78 is 29.7. The highest BCUT2D eigenvalue weighted by molar-refractivity contribution is 7.88. The van der Waals surface area contributed by atoms with Crippen molar-refractivity contribution in [2.75, 3.05) is 6.26 Å². The zero-order valence-corrected chi connectivity index (χ0v) is 13.3. The normalized spacial score (nSPS) is 22.4. The molecule has 1 aliphatic heterocycles. The van der Waals surface area contributed by atoms with Crippen LogP contribution in [0, 0.1) is 0 Å². The molecule has 6 nitrogen and oxygen atoms in total. The Labute approximate surface area is 131 Å². The smallest absolute Gasteiger partial charge is 0.250 e. The molecule has 0 amide bonds. The van der Waals surface area contributed by atoms with Gasteiger partial charge in [0.05, 0.1) is 6.26 Å². The van der Waals surface area contributed by atoms with Gasteiger partial charge in [0.25, 0.3) is 5.78 Å². The molecule has 1 aliphatic rings. The van der Waals surface area contributed by atoms with Crippen LogP contribution < -0.4 is 4.72 Å². The number of carbonyl (C=O) groups is 1. The zero-order chi connectivity index (χ0) is 16.0. The first-order valence-corrected chi connectivity index (χ1v) is 8.30. The summed E-state index contributed by atoms with van der Waals surface area (Å²) in [5, 5.41) is 10.1. The van der Waals surface area contributed by atoms with Crippen LogP contribution in [0.1, 0.15) is 12.5 Å². The van der Waals surface area contributed by atoms with Gasteiger partial charge in [0, 0.05) is 15.6 Å². The molecule has 1 atom stereocenters. The summed E-state index contributed by atoms with van der Waals surface area (Å²) in [7, 11) is -3.73. The first kappa shape index (κ1) is 15.9. The molecular weight excluding hydrogens is 341 g/mol. The molecule has 0 fully saturated rings. The van der Waals surface area contributed by atoms with Crippen molar-refractivity contribution in [2.45, 2.75) is 12.5 Å². The Bertz CT molecular complexity index is 739. The highest BCUT2D eigenvalue weighted by Gasteiger charge is 2.50. The summed E-state index contributed by atoms with van der Waals surface area (Å²) in [6, 6.07) is 4.59. The second kappa shape index (κ2) is 5.08. The van der Waals surface area contributed by atoms with Crippen LogP contribution in [0.15, 0.2) is 29.8 Å². The fourth-order valence-electron chi connectivity index (χ4n) is 1.98. The minimum absolute atomic E-state index is 0.148. The van der Waals surface area contributed by atoms with Crippen LogP contribution in [-0.4, -0.2) is 25.6 Å². The van der Waals surface area contributed by atoms with Crippen molar-refractivity contribution >= 4 is 39.0 Å². The summed E-state index contributed by atoms with van der Waals surface area (Å²) in [5.74, 6) is -2.23. The Balaban J connectivity index is 2.51. The van der Waals surface area contributed by atoms with E-state index in [2.05, 4.69) is 0 Å². The molecule has 0 saturated heterocycles. The Morgan fingerprint density at radius 2 is 1.81 bits per heavy atom. The van der Waals surface area contributed by atoms with Crippen molar-refractivity contribution in [1.29, 1.82) is 0 Å². The van der Waals surface area contributed by atoms with Gasteiger partial charge in [-0.1, -0.05) is 29.3 Å². The van der Waals surface area contributed by atoms with Gasteiger partial charge in [-0.2, -0.15) is 0 Å². The second-order valence-electron chi connectivity index (χ2n) is 4.61. The molecule has 9 heteroatoms. The second-order valence-corrected chi connectivity index (χ2v) is 7.18. The number of ketones is 1. The van der Waals surface area contributed by atoms with Gasteiger partial charge in [-0.05, 0) is 19.1 Å². The zero-order valence-electron chi connectivity index (χ0n) is 11.0. The van der Waals surface area contributed by atoms with Gasteiger partial charge in [-0.15, -0.1) is 0 Å². The van der Waals surface area contributed by atoms with E-state index in [1.54, 1.807) is 6.07 Å². The molecule has 0 bridgehead atoms. The molecule has 1 aromatic carbocycles. The van der Waals surface area contributed by atoms with Gasteiger partial charge in [0.15, 0.2) is 0 Å². The SMILES string of the molecule is CC1(c2c(Cl)cccc2Cl)OC(NS(C)(=O)=O)=C(O)C1=O. The molecule has 2 N–H and O–H groups in total. The molecule has 2 rings (SSSR count). The Hall–Kier alpha value is -1.44. The topological polar surface area (TPSA) is 92.7 Å². The number of hydrogen-bond donors (Lipinski definition) is 2. The number of benzene rings is 1. The third-order valence-corrected chi connectivity index (χ3v) is 4.07. The number of halogens is 2. The van der Waals surface area contributed by atoms with Crippen molar-refractivity contribution < 1.29 is 23.1 Å². The molecule has 114 valence electrons. The lowest BCUT2D eigenvalue weighted by Crippen LogP contribution is -2.33. The predicted molar refractivity (Wildman–Crippen MR) is 77.5 cm³/mol. The number of carbonyl (C=O) groups excluding carboxylic acids is 1. The first-order chi connectivity index (χ1) is 9.56. The van der Waals surface area contributed by atoms with Gasteiger partial charge in [-0.25, -0.2) is 8.42 Å². The Morgan fingerprint density at radius 1 is 1.29 bits per heavy atom. The monoisotopic (exact) mass is 351 g/mol. The van der Waals surface area contributed by atoms with Gasteiger partial charge in [0.2, 0.25) is 27.3 Å². The number of rotatable bonds is 3. The van der Waals surface area contributed by atoms with Gasteiger partial charge in [-0.3, -0.25) is 9.52 Å². The first-order valence-electron chi connectivity index (χ1n) is 5.65. The fraction of sp³-hybridized carbons (Fsp3) is 0.250. The Kier molecular flexibility index (Phi) is 3.86.